The van der Waals surface area contributed by atoms with Gasteiger partial charge in [-0.2, -0.15) is 4.31 Å². The summed E-state index contributed by atoms with van der Waals surface area (Å²) >= 11 is 3.32. The molecular weight excluding hydrogens is 356 g/mol. The summed E-state index contributed by atoms with van der Waals surface area (Å²) < 4.78 is 33.8. The van der Waals surface area contributed by atoms with Gasteiger partial charge in [0.15, 0.2) is 0 Å². The Kier molecular flexibility index (Phi) is 4.97. The topological polar surface area (TPSA) is 72.6 Å². The van der Waals surface area contributed by atoms with Crippen LogP contribution in [0.25, 0.3) is 0 Å². The number of hydrogen-bond donors (Lipinski definition) is 1. The molecule has 2 atom stereocenters. The molecule has 1 fully saturated rings. The molecule has 21 heavy (non-hydrogen) atoms. The molecule has 118 valence electrons. The molecule has 1 aromatic carbocycles. The normalized spacial score (nSPS) is 24.2. The number of aryl methyl sites for hydroxylation is 1. The monoisotopic (exact) mass is 376 g/mol. The van der Waals surface area contributed by atoms with Gasteiger partial charge in [0.05, 0.1) is 17.6 Å². The van der Waals surface area contributed by atoms with Crippen LogP contribution in [0, 0.1) is 6.92 Å². The number of hydrogen-bond acceptors (Lipinski definition) is 4. The summed E-state index contributed by atoms with van der Waals surface area (Å²) in [6, 6.07) is 3.14. The van der Waals surface area contributed by atoms with Crippen LogP contribution in [0.2, 0.25) is 0 Å². The van der Waals surface area contributed by atoms with E-state index in [0.29, 0.717) is 28.9 Å². The van der Waals surface area contributed by atoms with Crippen molar-refractivity contribution in [1.82, 2.24) is 4.31 Å². The van der Waals surface area contributed by atoms with E-state index in [-0.39, 0.29) is 17.0 Å². The van der Waals surface area contributed by atoms with E-state index in [4.69, 9.17) is 10.5 Å². The van der Waals surface area contributed by atoms with Crippen molar-refractivity contribution < 1.29 is 13.2 Å². The van der Waals surface area contributed by atoms with Crippen LogP contribution in [0.3, 0.4) is 0 Å². The zero-order valence-electron chi connectivity index (χ0n) is 12.5. The minimum Gasteiger partial charge on any atom is -0.398 e. The van der Waals surface area contributed by atoms with Gasteiger partial charge in [-0.05, 0) is 53.9 Å². The predicted molar refractivity (Wildman–Crippen MR) is 86.7 cm³/mol. The molecule has 2 unspecified atom stereocenters. The minimum absolute atomic E-state index is 0.101. The first kappa shape index (κ1) is 16.7. The van der Waals surface area contributed by atoms with Crippen molar-refractivity contribution in [2.24, 2.45) is 0 Å². The molecular formula is C14H21BrN2O3S. The van der Waals surface area contributed by atoms with Crippen molar-refractivity contribution in [3.63, 3.8) is 0 Å². The molecule has 0 spiro atoms. The highest BCUT2D eigenvalue weighted by Gasteiger charge is 2.36. The van der Waals surface area contributed by atoms with Gasteiger partial charge >= 0.3 is 0 Å². The first-order valence-electron chi connectivity index (χ1n) is 6.96. The molecule has 0 aromatic heterocycles. The van der Waals surface area contributed by atoms with Crippen molar-refractivity contribution in [2.75, 3.05) is 18.9 Å². The van der Waals surface area contributed by atoms with Crippen molar-refractivity contribution in [2.45, 2.75) is 44.2 Å². The summed E-state index contributed by atoms with van der Waals surface area (Å²) in [5.74, 6) is 0. The van der Waals surface area contributed by atoms with E-state index < -0.39 is 10.0 Å². The van der Waals surface area contributed by atoms with Crippen molar-refractivity contribution in [1.29, 1.82) is 0 Å². The Hall–Kier alpha value is -0.630. The average molecular weight is 377 g/mol. The Morgan fingerprint density at radius 3 is 2.76 bits per heavy atom. The standard InChI is InChI=1S/C14H21BrN2O3S/c1-4-11-8-20-10(3)7-17(11)21(18,19)14-6-13(16)12(15)5-9(14)2/h5-6,10-11H,4,7-8,16H2,1-3H3. The molecule has 1 aliphatic heterocycles. The molecule has 0 radical (unpaired) electrons. The second-order valence-corrected chi connectivity index (χ2v) is 8.13. The molecule has 0 bridgehead atoms. The minimum atomic E-state index is -3.57. The van der Waals surface area contributed by atoms with Crippen molar-refractivity contribution in [3.8, 4) is 0 Å². The predicted octanol–water partition coefficient (Wildman–Crippen LogP) is 2.53. The Labute approximate surface area is 134 Å². The third kappa shape index (κ3) is 3.26. The van der Waals surface area contributed by atoms with Crippen LogP contribution in [0.1, 0.15) is 25.8 Å². The first-order chi connectivity index (χ1) is 9.77. The SMILES string of the molecule is CCC1COC(C)CN1S(=O)(=O)c1cc(N)c(Br)cc1C. The van der Waals surface area contributed by atoms with Crippen LogP contribution >= 0.6 is 15.9 Å². The van der Waals surface area contributed by atoms with Gasteiger partial charge < -0.3 is 10.5 Å². The van der Waals surface area contributed by atoms with E-state index in [1.807, 2.05) is 13.8 Å². The van der Waals surface area contributed by atoms with Crippen LogP contribution in [0.4, 0.5) is 5.69 Å². The number of nitrogens with two attached hydrogens (primary N) is 1. The second-order valence-electron chi connectivity index (χ2n) is 5.42. The Balaban J connectivity index is 2.47. The third-order valence-corrected chi connectivity index (χ3v) is 6.52. The lowest BCUT2D eigenvalue weighted by molar-refractivity contribution is -0.0230. The van der Waals surface area contributed by atoms with Crippen molar-refractivity contribution in [3.05, 3.63) is 22.2 Å². The summed E-state index contributed by atoms with van der Waals surface area (Å²) in [7, 11) is -3.57. The van der Waals surface area contributed by atoms with Crippen LogP contribution < -0.4 is 5.73 Å². The number of halogens is 1. The highest BCUT2D eigenvalue weighted by molar-refractivity contribution is 9.10. The van der Waals surface area contributed by atoms with E-state index in [9.17, 15) is 8.42 Å². The van der Waals surface area contributed by atoms with Crippen molar-refractivity contribution >= 4 is 31.6 Å². The zero-order chi connectivity index (χ0) is 15.8. The number of ether oxygens (including phenoxy) is 1. The molecule has 1 saturated heterocycles. The average Bonchev–Trinajstić information content (AvgIpc) is 2.42. The number of anilines is 1. The van der Waals surface area contributed by atoms with Gasteiger partial charge in [-0.3, -0.25) is 0 Å². The Morgan fingerprint density at radius 1 is 1.48 bits per heavy atom. The van der Waals surface area contributed by atoms with Crippen LogP contribution in [-0.4, -0.2) is 38.0 Å². The highest BCUT2D eigenvalue weighted by Crippen LogP contribution is 2.31. The second kappa shape index (κ2) is 6.24. The van der Waals surface area contributed by atoms with Gasteiger partial charge in [-0.25, -0.2) is 8.42 Å². The van der Waals surface area contributed by atoms with Gasteiger partial charge in [-0.1, -0.05) is 6.92 Å². The van der Waals surface area contributed by atoms with E-state index in [1.165, 1.54) is 6.07 Å². The molecule has 5 nitrogen and oxygen atoms in total. The number of rotatable bonds is 3. The third-order valence-electron chi connectivity index (χ3n) is 3.77. The van der Waals surface area contributed by atoms with Gasteiger partial charge in [0.1, 0.15) is 0 Å². The summed E-state index contributed by atoms with van der Waals surface area (Å²) in [5, 5.41) is 0. The maximum absolute atomic E-state index is 13.0. The first-order valence-corrected chi connectivity index (χ1v) is 9.19. The maximum Gasteiger partial charge on any atom is 0.243 e. The lowest BCUT2D eigenvalue weighted by Crippen LogP contribution is -2.51. The molecule has 7 heteroatoms. The molecule has 1 aliphatic rings. The molecule has 2 N–H and O–H groups in total. The van der Waals surface area contributed by atoms with Crippen LogP contribution in [-0.2, 0) is 14.8 Å². The van der Waals surface area contributed by atoms with E-state index in [2.05, 4.69) is 15.9 Å². The summed E-state index contributed by atoms with van der Waals surface area (Å²) in [6.45, 7) is 6.44. The largest absolute Gasteiger partial charge is 0.398 e. The van der Waals surface area contributed by atoms with Gasteiger partial charge in [0, 0.05) is 22.7 Å². The summed E-state index contributed by atoms with van der Waals surface area (Å²) in [5.41, 5.74) is 6.97. The number of nitrogen functional groups attached to an aromatic ring is 1. The molecule has 0 amide bonds. The van der Waals surface area contributed by atoms with E-state index in [0.717, 1.165) is 6.42 Å². The number of sulfonamides is 1. The highest BCUT2D eigenvalue weighted by atomic mass is 79.9. The van der Waals surface area contributed by atoms with E-state index in [1.54, 1.807) is 17.3 Å². The quantitative estimate of drug-likeness (QED) is 0.822. The fraction of sp³-hybridized carbons (Fsp3) is 0.571. The molecule has 0 aliphatic carbocycles. The summed E-state index contributed by atoms with van der Waals surface area (Å²) in [6.07, 6.45) is 0.618. The van der Waals surface area contributed by atoms with E-state index >= 15 is 0 Å². The molecule has 1 heterocycles. The fourth-order valence-electron chi connectivity index (χ4n) is 2.50. The number of nitrogens with zero attached hydrogens (tertiary/aromatic N) is 1. The number of benzene rings is 1. The molecule has 0 saturated carbocycles. The molecule has 1 aromatic rings. The summed E-state index contributed by atoms with van der Waals surface area (Å²) in [4.78, 5) is 0.274. The van der Waals surface area contributed by atoms with Crippen LogP contribution in [0.5, 0.6) is 0 Å². The zero-order valence-corrected chi connectivity index (χ0v) is 14.9. The smallest absolute Gasteiger partial charge is 0.243 e. The Bertz CT molecular complexity index is 633. The van der Waals surface area contributed by atoms with Crippen LogP contribution in [0.15, 0.2) is 21.5 Å². The van der Waals surface area contributed by atoms with Gasteiger partial charge in [0.25, 0.3) is 0 Å². The number of morpholine rings is 1. The Morgan fingerprint density at radius 2 is 2.14 bits per heavy atom. The molecule has 2 rings (SSSR count). The lowest BCUT2D eigenvalue weighted by atomic mass is 10.2. The van der Waals surface area contributed by atoms with Gasteiger partial charge in [-0.15, -0.1) is 0 Å². The lowest BCUT2D eigenvalue weighted by Gasteiger charge is -2.37. The maximum atomic E-state index is 13.0. The fourth-order valence-corrected chi connectivity index (χ4v) is 4.96. The van der Waals surface area contributed by atoms with Gasteiger partial charge in [0.2, 0.25) is 10.0 Å².